The van der Waals surface area contributed by atoms with Crippen molar-refractivity contribution in [3.8, 4) is 0 Å². The minimum Gasteiger partial charge on any atom is -0.333 e. The molecule has 1 aromatic rings. The lowest BCUT2D eigenvalue weighted by Gasteiger charge is -2.42. The lowest BCUT2D eigenvalue weighted by atomic mass is 9.88. The van der Waals surface area contributed by atoms with Gasteiger partial charge >= 0.3 is 0 Å². The number of amides is 3. The van der Waals surface area contributed by atoms with Crippen LogP contribution in [0.3, 0.4) is 0 Å². The molecule has 0 bridgehead atoms. The predicted octanol–water partition coefficient (Wildman–Crippen LogP) is 4.80. The van der Waals surface area contributed by atoms with Gasteiger partial charge in [-0.1, -0.05) is 38.5 Å². The molecule has 156 valence electrons. The number of hydrogen-bond donors (Lipinski definition) is 0. The molecule has 1 aromatic carbocycles. The highest BCUT2D eigenvalue weighted by Crippen LogP contribution is 2.33. The van der Waals surface area contributed by atoms with Gasteiger partial charge in [0.05, 0.1) is 11.1 Å². The summed E-state index contributed by atoms with van der Waals surface area (Å²) in [5, 5.41) is 0. The van der Waals surface area contributed by atoms with E-state index in [0.717, 1.165) is 25.7 Å². The molecule has 0 unspecified atom stereocenters. The first kappa shape index (κ1) is 20.1. The number of benzene rings is 1. The fourth-order valence-corrected chi connectivity index (χ4v) is 5.36. The minimum atomic E-state index is -0.281. The lowest BCUT2D eigenvalue weighted by Crippen LogP contribution is -2.48. The average Bonchev–Trinajstić information content (AvgIpc) is 2.99. The number of rotatable bonds is 4. The van der Waals surface area contributed by atoms with Gasteiger partial charge in [-0.15, -0.1) is 0 Å². The fourth-order valence-electron chi connectivity index (χ4n) is 5.36. The molecule has 0 radical (unpaired) electrons. The monoisotopic (exact) mass is 396 g/mol. The molecule has 0 atom stereocenters. The molecule has 5 nitrogen and oxygen atoms in total. The molecule has 1 heterocycles. The Labute approximate surface area is 173 Å². The largest absolute Gasteiger partial charge is 0.333 e. The van der Waals surface area contributed by atoms with Crippen LogP contribution in [0.1, 0.15) is 109 Å². The SMILES string of the molecule is CC(C)N1C(=O)c2ccc(C(=O)N(C3CCCCC3)C3CCCCC3)cc2C1=O. The minimum absolute atomic E-state index is 0.0369. The maximum atomic E-state index is 13.7. The summed E-state index contributed by atoms with van der Waals surface area (Å²) in [6, 6.07) is 5.50. The predicted molar refractivity (Wildman–Crippen MR) is 112 cm³/mol. The van der Waals surface area contributed by atoms with Crippen molar-refractivity contribution in [1.29, 1.82) is 0 Å². The number of fused-ring (bicyclic) bond motifs is 1. The van der Waals surface area contributed by atoms with Gasteiger partial charge in [-0.2, -0.15) is 0 Å². The van der Waals surface area contributed by atoms with E-state index in [0.29, 0.717) is 28.8 Å². The van der Waals surface area contributed by atoms with Crippen molar-refractivity contribution in [3.63, 3.8) is 0 Å². The summed E-state index contributed by atoms with van der Waals surface area (Å²) in [6.07, 6.45) is 11.5. The number of carbonyl (C=O) groups excluding carboxylic acids is 3. The van der Waals surface area contributed by atoms with E-state index in [2.05, 4.69) is 4.90 Å². The normalized spacial score (nSPS) is 21.0. The van der Waals surface area contributed by atoms with Crippen molar-refractivity contribution >= 4 is 17.7 Å². The quantitative estimate of drug-likeness (QED) is 0.687. The second kappa shape index (κ2) is 8.29. The molecule has 0 N–H and O–H groups in total. The van der Waals surface area contributed by atoms with Crippen LogP contribution in [-0.4, -0.2) is 45.6 Å². The first-order valence-electron chi connectivity index (χ1n) is 11.3. The summed E-state index contributed by atoms with van der Waals surface area (Å²) < 4.78 is 0. The summed E-state index contributed by atoms with van der Waals surface area (Å²) in [7, 11) is 0. The van der Waals surface area contributed by atoms with Crippen LogP contribution >= 0.6 is 0 Å². The van der Waals surface area contributed by atoms with Crippen LogP contribution in [0.5, 0.6) is 0 Å². The van der Waals surface area contributed by atoms with Crippen molar-refractivity contribution in [2.45, 2.75) is 96.2 Å². The Hall–Kier alpha value is -2.17. The second-order valence-electron chi connectivity index (χ2n) is 9.13. The molecule has 3 aliphatic rings. The van der Waals surface area contributed by atoms with Crippen LogP contribution in [-0.2, 0) is 0 Å². The highest BCUT2D eigenvalue weighted by atomic mass is 16.2. The zero-order chi connectivity index (χ0) is 20.5. The fraction of sp³-hybridized carbons (Fsp3) is 0.625. The Morgan fingerprint density at radius 3 is 1.90 bits per heavy atom. The summed E-state index contributed by atoms with van der Waals surface area (Å²) in [5.41, 5.74) is 1.34. The molecule has 3 amide bonds. The van der Waals surface area contributed by atoms with E-state index >= 15 is 0 Å². The van der Waals surface area contributed by atoms with Crippen molar-refractivity contribution in [1.82, 2.24) is 9.80 Å². The van der Waals surface area contributed by atoms with Gasteiger partial charge in [-0.3, -0.25) is 19.3 Å². The third kappa shape index (κ3) is 3.72. The van der Waals surface area contributed by atoms with Crippen LogP contribution < -0.4 is 0 Å². The van der Waals surface area contributed by atoms with Gasteiger partial charge in [0.2, 0.25) is 0 Å². The molecule has 4 rings (SSSR count). The van der Waals surface area contributed by atoms with Crippen molar-refractivity contribution in [2.75, 3.05) is 0 Å². The molecule has 0 spiro atoms. The zero-order valence-electron chi connectivity index (χ0n) is 17.7. The third-order valence-corrected chi connectivity index (χ3v) is 6.85. The Morgan fingerprint density at radius 1 is 0.862 bits per heavy atom. The topological polar surface area (TPSA) is 57.7 Å². The van der Waals surface area contributed by atoms with Crippen LogP contribution in [0, 0.1) is 0 Å². The van der Waals surface area contributed by atoms with Gasteiger partial charge in [0, 0.05) is 23.7 Å². The molecule has 5 heteroatoms. The Kier molecular flexibility index (Phi) is 5.75. The third-order valence-electron chi connectivity index (χ3n) is 6.85. The highest BCUT2D eigenvalue weighted by molar-refractivity contribution is 6.22. The zero-order valence-corrected chi connectivity index (χ0v) is 17.7. The first-order chi connectivity index (χ1) is 14.0. The van der Waals surface area contributed by atoms with Crippen LogP contribution in [0.15, 0.2) is 18.2 Å². The van der Waals surface area contributed by atoms with Crippen molar-refractivity contribution < 1.29 is 14.4 Å². The lowest BCUT2D eigenvalue weighted by molar-refractivity contribution is 0.0448. The maximum absolute atomic E-state index is 13.7. The molecule has 0 aromatic heterocycles. The van der Waals surface area contributed by atoms with Gasteiger partial charge in [0.1, 0.15) is 0 Å². The Bertz CT molecular complexity index is 786. The van der Waals surface area contributed by atoms with Crippen LogP contribution in [0.25, 0.3) is 0 Å². The van der Waals surface area contributed by atoms with E-state index in [1.807, 2.05) is 13.8 Å². The van der Waals surface area contributed by atoms with E-state index in [1.165, 1.54) is 43.4 Å². The number of carbonyl (C=O) groups is 3. The maximum Gasteiger partial charge on any atom is 0.261 e. The molecular formula is C24H32N2O3. The average molecular weight is 397 g/mol. The van der Waals surface area contributed by atoms with Gasteiger partial charge in [0.25, 0.3) is 17.7 Å². The Balaban J connectivity index is 1.65. The smallest absolute Gasteiger partial charge is 0.261 e. The second-order valence-corrected chi connectivity index (χ2v) is 9.13. The number of imide groups is 1. The van der Waals surface area contributed by atoms with Crippen LogP contribution in [0.2, 0.25) is 0 Å². The van der Waals surface area contributed by atoms with E-state index in [-0.39, 0.29) is 23.8 Å². The van der Waals surface area contributed by atoms with Gasteiger partial charge in [0.15, 0.2) is 0 Å². The van der Waals surface area contributed by atoms with Gasteiger partial charge in [-0.25, -0.2) is 0 Å². The first-order valence-corrected chi connectivity index (χ1v) is 11.3. The number of nitrogens with zero attached hydrogens (tertiary/aromatic N) is 2. The van der Waals surface area contributed by atoms with Gasteiger partial charge in [-0.05, 0) is 57.7 Å². The number of hydrogen-bond acceptors (Lipinski definition) is 3. The molecular weight excluding hydrogens is 364 g/mol. The summed E-state index contributed by atoms with van der Waals surface area (Å²) in [4.78, 5) is 42.5. The Morgan fingerprint density at radius 2 is 1.38 bits per heavy atom. The van der Waals surface area contributed by atoms with E-state index in [4.69, 9.17) is 0 Å². The molecule has 0 saturated heterocycles. The van der Waals surface area contributed by atoms with E-state index < -0.39 is 0 Å². The highest BCUT2D eigenvalue weighted by Gasteiger charge is 2.39. The summed E-state index contributed by atoms with van der Waals surface area (Å²) in [5.74, 6) is -0.498. The van der Waals surface area contributed by atoms with Crippen LogP contribution in [0.4, 0.5) is 0 Å². The van der Waals surface area contributed by atoms with Crippen molar-refractivity contribution in [3.05, 3.63) is 34.9 Å². The summed E-state index contributed by atoms with van der Waals surface area (Å²) in [6.45, 7) is 3.67. The molecule has 2 aliphatic carbocycles. The molecule has 29 heavy (non-hydrogen) atoms. The molecule has 2 fully saturated rings. The molecule has 1 aliphatic heterocycles. The van der Waals surface area contributed by atoms with E-state index in [9.17, 15) is 14.4 Å². The van der Waals surface area contributed by atoms with E-state index in [1.54, 1.807) is 18.2 Å². The standard InChI is InChI=1S/C24H32N2O3/c1-16(2)25-23(28)20-14-13-17(15-21(20)24(25)29)22(27)26(18-9-5-3-6-10-18)19-11-7-4-8-12-19/h13-16,18-19H,3-12H2,1-2H3. The molecule has 2 saturated carbocycles. The van der Waals surface area contributed by atoms with Gasteiger partial charge < -0.3 is 4.90 Å². The van der Waals surface area contributed by atoms with Crippen molar-refractivity contribution in [2.24, 2.45) is 0 Å². The summed E-state index contributed by atoms with van der Waals surface area (Å²) >= 11 is 0.